The lowest BCUT2D eigenvalue weighted by atomic mass is 10.3. The number of halogens is 1. The van der Waals surface area contributed by atoms with Crippen LogP contribution in [0.4, 0.5) is 11.8 Å². The maximum atomic E-state index is 12.2. The molecule has 1 aromatic heterocycles. The molecule has 1 unspecified atom stereocenters. The van der Waals surface area contributed by atoms with Crippen LogP contribution in [0.1, 0.15) is 19.8 Å². The first-order chi connectivity index (χ1) is 9.11. The Morgan fingerprint density at radius 3 is 2.84 bits per heavy atom. The summed E-state index contributed by atoms with van der Waals surface area (Å²) < 4.78 is 0. The SMILES string of the molecule is CC(Nc1nc(NN)ncc1Cl)C(=O)N1CCCC1. The van der Waals surface area contributed by atoms with Gasteiger partial charge in [-0.3, -0.25) is 10.2 Å². The number of hydrogen-bond acceptors (Lipinski definition) is 6. The molecule has 0 spiro atoms. The summed E-state index contributed by atoms with van der Waals surface area (Å²) in [5, 5.41) is 3.34. The molecule has 104 valence electrons. The first-order valence-corrected chi connectivity index (χ1v) is 6.54. The number of likely N-dealkylation sites (tertiary alicyclic amines) is 1. The lowest BCUT2D eigenvalue weighted by molar-refractivity contribution is -0.130. The minimum atomic E-state index is -0.392. The zero-order chi connectivity index (χ0) is 13.8. The van der Waals surface area contributed by atoms with Gasteiger partial charge in [-0.05, 0) is 19.8 Å². The molecule has 8 heteroatoms. The summed E-state index contributed by atoms with van der Waals surface area (Å²) in [6, 6.07) is -0.392. The van der Waals surface area contributed by atoms with Crippen molar-refractivity contribution < 1.29 is 4.79 Å². The molecule has 19 heavy (non-hydrogen) atoms. The predicted octanol–water partition coefficient (Wildman–Crippen LogP) is 0.838. The first kappa shape index (κ1) is 13.8. The zero-order valence-corrected chi connectivity index (χ0v) is 11.4. The lowest BCUT2D eigenvalue weighted by Gasteiger charge is -2.21. The van der Waals surface area contributed by atoms with Gasteiger partial charge in [-0.15, -0.1) is 0 Å². The molecule has 2 heterocycles. The lowest BCUT2D eigenvalue weighted by Crippen LogP contribution is -2.39. The average molecular weight is 285 g/mol. The second-order valence-corrected chi connectivity index (χ2v) is 4.84. The van der Waals surface area contributed by atoms with E-state index in [0.717, 1.165) is 25.9 Å². The fourth-order valence-corrected chi connectivity index (χ4v) is 2.16. The van der Waals surface area contributed by atoms with Crippen LogP contribution < -0.4 is 16.6 Å². The number of hydrogen-bond donors (Lipinski definition) is 3. The van der Waals surface area contributed by atoms with E-state index in [9.17, 15) is 4.79 Å². The Hall–Kier alpha value is -1.60. The van der Waals surface area contributed by atoms with Gasteiger partial charge < -0.3 is 10.2 Å². The minimum absolute atomic E-state index is 0.0504. The Morgan fingerprint density at radius 2 is 2.21 bits per heavy atom. The van der Waals surface area contributed by atoms with Crippen molar-refractivity contribution in [1.82, 2.24) is 14.9 Å². The van der Waals surface area contributed by atoms with Crippen LogP contribution >= 0.6 is 11.6 Å². The summed E-state index contributed by atoms with van der Waals surface area (Å²) >= 11 is 5.98. The Bertz CT molecular complexity index is 462. The van der Waals surface area contributed by atoms with E-state index in [-0.39, 0.29) is 11.9 Å². The molecule has 0 aromatic carbocycles. The number of anilines is 2. The molecule has 1 aromatic rings. The van der Waals surface area contributed by atoms with Gasteiger partial charge in [-0.25, -0.2) is 10.8 Å². The molecule has 4 N–H and O–H groups in total. The Labute approximate surface area is 116 Å². The Kier molecular flexibility index (Phi) is 4.39. The summed E-state index contributed by atoms with van der Waals surface area (Å²) in [6.45, 7) is 3.42. The number of amides is 1. The topological polar surface area (TPSA) is 96.2 Å². The summed E-state index contributed by atoms with van der Waals surface area (Å²) in [4.78, 5) is 21.9. The molecule has 7 nitrogen and oxygen atoms in total. The van der Waals surface area contributed by atoms with Crippen LogP contribution in [0.2, 0.25) is 5.02 Å². The molecule has 1 amide bonds. The third kappa shape index (κ3) is 3.24. The van der Waals surface area contributed by atoms with Crippen LogP contribution in [0.3, 0.4) is 0 Å². The van der Waals surface area contributed by atoms with Gasteiger partial charge in [-0.2, -0.15) is 4.98 Å². The van der Waals surface area contributed by atoms with Crippen molar-refractivity contribution in [3.05, 3.63) is 11.2 Å². The van der Waals surface area contributed by atoms with E-state index in [0.29, 0.717) is 10.8 Å². The summed E-state index contributed by atoms with van der Waals surface area (Å²) in [5.74, 6) is 5.92. The summed E-state index contributed by atoms with van der Waals surface area (Å²) in [5.41, 5.74) is 2.34. The van der Waals surface area contributed by atoms with Crippen LogP contribution in [0, 0.1) is 0 Å². The summed E-state index contributed by atoms with van der Waals surface area (Å²) in [7, 11) is 0. The number of aromatic nitrogens is 2. The number of carbonyl (C=O) groups is 1. The normalized spacial score (nSPS) is 16.3. The number of carbonyl (C=O) groups excluding carboxylic acids is 1. The molecule has 1 fully saturated rings. The Balaban J connectivity index is 2.05. The minimum Gasteiger partial charge on any atom is -0.357 e. The standard InChI is InChI=1S/C11H17ClN6O/c1-7(10(19)18-4-2-3-5-18)15-9-8(12)6-14-11(16-9)17-13/h6-7H,2-5,13H2,1H3,(H2,14,15,16,17). The molecule has 1 aliphatic heterocycles. The number of nitrogen functional groups attached to an aromatic ring is 1. The molecule has 0 radical (unpaired) electrons. The number of hydrazine groups is 1. The van der Waals surface area contributed by atoms with Crippen molar-refractivity contribution in [1.29, 1.82) is 0 Å². The second-order valence-electron chi connectivity index (χ2n) is 4.43. The van der Waals surface area contributed by atoms with Gasteiger partial charge in [0.15, 0.2) is 5.82 Å². The predicted molar refractivity (Wildman–Crippen MR) is 73.8 cm³/mol. The smallest absolute Gasteiger partial charge is 0.244 e. The van der Waals surface area contributed by atoms with Gasteiger partial charge >= 0.3 is 0 Å². The largest absolute Gasteiger partial charge is 0.357 e. The van der Waals surface area contributed by atoms with Crippen LogP contribution in [0.15, 0.2) is 6.20 Å². The van der Waals surface area contributed by atoms with Gasteiger partial charge in [0.05, 0.1) is 6.20 Å². The van der Waals surface area contributed by atoms with Gasteiger partial charge in [0.25, 0.3) is 0 Å². The highest BCUT2D eigenvalue weighted by Crippen LogP contribution is 2.20. The fourth-order valence-electron chi connectivity index (χ4n) is 2.02. The molecule has 1 aliphatic rings. The highest BCUT2D eigenvalue weighted by molar-refractivity contribution is 6.32. The van der Waals surface area contributed by atoms with E-state index in [1.165, 1.54) is 6.20 Å². The number of nitrogens with one attached hydrogen (secondary N) is 2. The van der Waals surface area contributed by atoms with E-state index in [1.54, 1.807) is 6.92 Å². The van der Waals surface area contributed by atoms with E-state index < -0.39 is 6.04 Å². The molecular formula is C11H17ClN6O. The molecular weight excluding hydrogens is 268 g/mol. The van der Waals surface area contributed by atoms with E-state index >= 15 is 0 Å². The van der Waals surface area contributed by atoms with Crippen molar-refractivity contribution in [3.63, 3.8) is 0 Å². The van der Waals surface area contributed by atoms with Crippen molar-refractivity contribution in [2.45, 2.75) is 25.8 Å². The van der Waals surface area contributed by atoms with Gasteiger partial charge in [0.1, 0.15) is 11.1 Å². The first-order valence-electron chi connectivity index (χ1n) is 6.16. The maximum Gasteiger partial charge on any atom is 0.244 e. The third-order valence-electron chi connectivity index (χ3n) is 3.01. The summed E-state index contributed by atoms with van der Waals surface area (Å²) in [6.07, 6.45) is 3.56. The van der Waals surface area contributed by atoms with Gasteiger partial charge in [-0.1, -0.05) is 11.6 Å². The quantitative estimate of drug-likeness (QED) is 0.560. The molecule has 1 saturated heterocycles. The van der Waals surface area contributed by atoms with Crippen LogP contribution in [0.5, 0.6) is 0 Å². The highest BCUT2D eigenvalue weighted by atomic mass is 35.5. The van der Waals surface area contributed by atoms with Gasteiger partial charge in [0, 0.05) is 13.1 Å². The van der Waals surface area contributed by atoms with E-state index in [4.69, 9.17) is 17.4 Å². The van der Waals surface area contributed by atoms with Crippen molar-refractivity contribution in [2.24, 2.45) is 5.84 Å². The molecule has 0 bridgehead atoms. The number of nitrogens with zero attached hydrogens (tertiary/aromatic N) is 3. The van der Waals surface area contributed by atoms with E-state index in [2.05, 4.69) is 20.7 Å². The zero-order valence-electron chi connectivity index (χ0n) is 10.7. The van der Waals surface area contributed by atoms with Crippen LogP contribution in [-0.2, 0) is 4.79 Å². The molecule has 1 atom stereocenters. The van der Waals surface area contributed by atoms with E-state index in [1.807, 2.05) is 4.90 Å². The monoisotopic (exact) mass is 284 g/mol. The molecule has 0 aliphatic carbocycles. The highest BCUT2D eigenvalue weighted by Gasteiger charge is 2.23. The van der Waals surface area contributed by atoms with Crippen LogP contribution in [-0.4, -0.2) is 39.9 Å². The molecule has 0 saturated carbocycles. The second kappa shape index (κ2) is 6.03. The van der Waals surface area contributed by atoms with Crippen molar-refractivity contribution in [2.75, 3.05) is 23.8 Å². The van der Waals surface area contributed by atoms with Crippen molar-refractivity contribution in [3.8, 4) is 0 Å². The number of rotatable bonds is 4. The van der Waals surface area contributed by atoms with Crippen molar-refractivity contribution >= 4 is 29.3 Å². The maximum absolute atomic E-state index is 12.2. The molecule has 2 rings (SSSR count). The Morgan fingerprint density at radius 1 is 1.53 bits per heavy atom. The fraction of sp³-hybridized carbons (Fsp3) is 0.545. The number of nitrogens with two attached hydrogens (primary N) is 1. The van der Waals surface area contributed by atoms with Crippen LogP contribution in [0.25, 0.3) is 0 Å². The van der Waals surface area contributed by atoms with Gasteiger partial charge in [0.2, 0.25) is 11.9 Å². The third-order valence-corrected chi connectivity index (χ3v) is 3.29. The average Bonchev–Trinajstić information content (AvgIpc) is 2.94.